The molecule has 8 rings (SSSR count). The number of nitrogens with two attached hydrogens (primary N) is 2. The van der Waals surface area contributed by atoms with Gasteiger partial charge in [-0.15, -0.1) is 0 Å². The number of benzene rings is 4. The maximum absolute atomic E-state index is 13.8. The fraction of sp³-hybridized carbons (Fsp3) is 0.128. The highest BCUT2D eigenvalue weighted by atomic mass is 19.4. The summed E-state index contributed by atoms with van der Waals surface area (Å²) in [5.74, 6) is 0.558. The first-order chi connectivity index (χ1) is 28.0. The van der Waals surface area contributed by atoms with E-state index in [0.717, 1.165) is 35.3 Å². The van der Waals surface area contributed by atoms with Crippen LogP contribution in [-0.2, 0) is 18.8 Å². The lowest BCUT2D eigenvalue weighted by Crippen LogP contribution is -2.09. The van der Waals surface area contributed by atoms with Crippen LogP contribution < -0.4 is 22.1 Å². The Hall–Kier alpha value is -7.38. The van der Waals surface area contributed by atoms with Crippen molar-refractivity contribution in [3.05, 3.63) is 131 Å². The zero-order valence-corrected chi connectivity index (χ0v) is 30.7. The maximum atomic E-state index is 13.8. The van der Waals surface area contributed by atoms with Gasteiger partial charge in [-0.25, -0.2) is 18.7 Å². The second-order valence-electron chi connectivity index (χ2n) is 12.8. The molecule has 4 aromatic heterocycles. The van der Waals surface area contributed by atoms with Crippen molar-refractivity contribution in [2.75, 3.05) is 22.1 Å². The first-order valence-electron chi connectivity index (χ1n) is 17.5. The summed E-state index contributed by atoms with van der Waals surface area (Å²) in [7, 11) is 0. The normalized spacial score (nSPS) is 11.8. The Morgan fingerprint density at radius 3 is 1.80 bits per heavy atom. The number of anilines is 6. The molecule has 0 aliphatic carbocycles. The van der Waals surface area contributed by atoms with Crippen LogP contribution in [0.15, 0.2) is 97.1 Å². The predicted octanol–water partition coefficient (Wildman–Crippen LogP) is 9.47. The molecule has 6 N–H and O–H groups in total. The molecule has 0 aliphatic heterocycles. The lowest BCUT2D eigenvalue weighted by Gasteiger charge is -2.12. The number of nitrogens with one attached hydrogen (secondary N) is 2. The highest BCUT2D eigenvalue weighted by Gasteiger charge is 2.34. The van der Waals surface area contributed by atoms with Gasteiger partial charge >= 0.3 is 12.4 Å². The van der Waals surface area contributed by atoms with Crippen LogP contribution in [-0.4, -0.2) is 39.0 Å². The summed E-state index contributed by atoms with van der Waals surface area (Å²) in [4.78, 5) is 26.1. The van der Waals surface area contributed by atoms with Gasteiger partial charge < -0.3 is 22.1 Å². The van der Waals surface area contributed by atoms with Crippen LogP contribution in [0.3, 0.4) is 0 Å². The van der Waals surface area contributed by atoms with Crippen LogP contribution in [0.25, 0.3) is 34.0 Å². The molecule has 0 bridgehead atoms. The summed E-state index contributed by atoms with van der Waals surface area (Å²) < 4.78 is 107. The van der Waals surface area contributed by atoms with E-state index < -0.39 is 35.1 Å². The minimum absolute atomic E-state index is 0.0896. The third kappa shape index (κ3) is 8.65. The van der Waals surface area contributed by atoms with Gasteiger partial charge in [0, 0.05) is 36.0 Å². The summed E-state index contributed by atoms with van der Waals surface area (Å²) in [6, 6.07) is 21.5. The standard InChI is InChI=1S/C20H16F4N6.C19H14F4N6/c1-2-18-27-14-8-5-12(21)9-15(14)30(18)19-28-16(25)10-17(29-19)26-13-6-3-11(4-7-13)20(22,23)24;1-10-25-14-4-2-3-5-15(14)29(10)18-27-16(24)9-17(28-18)26-11-6-7-12(13(20)8-11)19(21,22)23/h3-10H,2H2,1H3,(H3,25,26,28,29);2-9H,1H3,(H3,24,26,27,28). The van der Waals surface area contributed by atoms with E-state index in [9.17, 15) is 35.1 Å². The molecule has 0 saturated carbocycles. The van der Waals surface area contributed by atoms with Crippen molar-refractivity contribution in [2.45, 2.75) is 32.6 Å². The first-order valence-corrected chi connectivity index (χ1v) is 17.5. The first kappa shape index (κ1) is 39.8. The number of fused-ring (bicyclic) bond motifs is 2. The van der Waals surface area contributed by atoms with E-state index in [1.54, 1.807) is 22.1 Å². The number of imidazole rings is 2. The average Bonchev–Trinajstić information content (AvgIpc) is 3.70. The van der Waals surface area contributed by atoms with E-state index in [-0.39, 0.29) is 40.9 Å². The van der Waals surface area contributed by atoms with Gasteiger partial charge in [0.25, 0.3) is 0 Å². The maximum Gasteiger partial charge on any atom is 0.419 e. The molecule has 0 aliphatic rings. The van der Waals surface area contributed by atoms with E-state index in [2.05, 4.69) is 40.5 Å². The zero-order chi connectivity index (χ0) is 42.2. The zero-order valence-electron chi connectivity index (χ0n) is 30.7. The van der Waals surface area contributed by atoms with Gasteiger partial charge in [-0.05, 0) is 73.7 Å². The third-order valence-corrected chi connectivity index (χ3v) is 8.63. The van der Waals surface area contributed by atoms with Gasteiger partial charge in [-0.1, -0.05) is 19.1 Å². The Kier molecular flexibility index (Phi) is 10.5. The minimum atomic E-state index is -4.77. The predicted molar refractivity (Wildman–Crippen MR) is 206 cm³/mol. The molecule has 0 atom stereocenters. The fourth-order valence-corrected chi connectivity index (χ4v) is 6.05. The van der Waals surface area contributed by atoms with E-state index in [0.29, 0.717) is 40.9 Å². The molecule has 0 saturated heterocycles. The summed E-state index contributed by atoms with van der Waals surface area (Å²) in [5.41, 5.74) is 12.8. The number of nitrogens with zero attached hydrogens (tertiary/aromatic N) is 8. The van der Waals surface area contributed by atoms with Gasteiger partial charge in [-0.3, -0.25) is 9.13 Å². The number of halogens is 8. The molecule has 12 nitrogen and oxygen atoms in total. The summed E-state index contributed by atoms with van der Waals surface area (Å²) in [5, 5.41) is 5.68. The molecule has 4 aromatic carbocycles. The Morgan fingerprint density at radius 2 is 1.19 bits per heavy atom. The van der Waals surface area contributed by atoms with Crippen LogP contribution in [0.5, 0.6) is 0 Å². The SMILES string of the molecule is CCc1nc2ccc(F)cc2n1-c1nc(N)cc(Nc2ccc(C(F)(F)F)cc2)n1.Cc1nc2ccccc2n1-c1nc(N)cc(Nc2ccc(C(F)(F)F)c(F)c2)n1. The quantitative estimate of drug-likeness (QED) is 0.114. The van der Waals surface area contributed by atoms with Crippen molar-refractivity contribution in [2.24, 2.45) is 0 Å². The van der Waals surface area contributed by atoms with Crippen molar-refractivity contribution in [1.29, 1.82) is 0 Å². The lowest BCUT2D eigenvalue weighted by atomic mass is 10.2. The molecule has 0 unspecified atom stereocenters. The molecule has 0 spiro atoms. The Morgan fingerprint density at radius 1 is 0.593 bits per heavy atom. The lowest BCUT2D eigenvalue weighted by molar-refractivity contribution is -0.140. The van der Waals surface area contributed by atoms with Crippen molar-refractivity contribution < 1.29 is 35.1 Å². The van der Waals surface area contributed by atoms with Gasteiger partial charge in [0.1, 0.15) is 46.6 Å². The van der Waals surface area contributed by atoms with Gasteiger partial charge in [0.2, 0.25) is 11.9 Å². The molecule has 4 heterocycles. The van der Waals surface area contributed by atoms with Crippen LogP contribution in [0.4, 0.5) is 69.8 Å². The molecule has 0 amide bonds. The number of hydrogen-bond donors (Lipinski definition) is 4. The van der Waals surface area contributed by atoms with Crippen molar-refractivity contribution in [3.8, 4) is 11.9 Å². The molecule has 59 heavy (non-hydrogen) atoms. The molecule has 8 aromatic rings. The van der Waals surface area contributed by atoms with E-state index in [4.69, 9.17) is 11.5 Å². The average molecular weight is 819 g/mol. The third-order valence-electron chi connectivity index (χ3n) is 8.63. The Balaban J connectivity index is 0.000000179. The molecular weight excluding hydrogens is 788 g/mol. The second kappa shape index (κ2) is 15.5. The van der Waals surface area contributed by atoms with E-state index >= 15 is 0 Å². The highest BCUT2D eigenvalue weighted by molar-refractivity contribution is 5.79. The topological polar surface area (TPSA) is 163 Å². The van der Waals surface area contributed by atoms with Gasteiger partial charge in [0.15, 0.2) is 0 Å². The highest BCUT2D eigenvalue weighted by Crippen LogP contribution is 2.34. The monoisotopic (exact) mass is 818 g/mol. The number of rotatable bonds is 7. The molecule has 20 heteroatoms. The summed E-state index contributed by atoms with van der Waals surface area (Å²) >= 11 is 0. The summed E-state index contributed by atoms with van der Waals surface area (Å²) in [6.45, 7) is 3.67. The van der Waals surface area contributed by atoms with Crippen molar-refractivity contribution in [1.82, 2.24) is 39.0 Å². The smallest absolute Gasteiger partial charge is 0.383 e. The van der Waals surface area contributed by atoms with Crippen LogP contribution in [0, 0.1) is 18.6 Å². The number of alkyl halides is 6. The Labute approximate surface area is 328 Å². The molecule has 302 valence electrons. The number of nitrogen functional groups attached to an aromatic ring is 2. The van der Waals surface area contributed by atoms with Crippen LogP contribution in [0.2, 0.25) is 0 Å². The number of aryl methyl sites for hydroxylation is 2. The minimum Gasteiger partial charge on any atom is -0.383 e. The van der Waals surface area contributed by atoms with Crippen LogP contribution >= 0.6 is 0 Å². The number of hydrogen-bond acceptors (Lipinski definition) is 10. The summed E-state index contributed by atoms with van der Waals surface area (Å²) in [6.07, 6.45) is -8.65. The Bertz CT molecular complexity index is 2810. The van der Waals surface area contributed by atoms with Crippen molar-refractivity contribution in [3.63, 3.8) is 0 Å². The number of para-hydroxylation sites is 2. The molecular formula is C39H30F8N12. The van der Waals surface area contributed by atoms with E-state index in [1.807, 2.05) is 31.2 Å². The number of aromatic nitrogens is 8. The molecule has 0 fully saturated rings. The fourth-order valence-electron chi connectivity index (χ4n) is 6.05. The van der Waals surface area contributed by atoms with Crippen LogP contribution in [0.1, 0.15) is 29.7 Å². The molecule has 0 radical (unpaired) electrons. The van der Waals surface area contributed by atoms with E-state index in [1.165, 1.54) is 36.4 Å². The van der Waals surface area contributed by atoms with Crippen molar-refractivity contribution >= 4 is 56.7 Å². The second-order valence-corrected chi connectivity index (χ2v) is 12.8. The van der Waals surface area contributed by atoms with Gasteiger partial charge in [-0.2, -0.15) is 46.3 Å². The van der Waals surface area contributed by atoms with Gasteiger partial charge in [0.05, 0.1) is 33.2 Å². The largest absolute Gasteiger partial charge is 0.419 e.